The fourth-order valence-electron chi connectivity index (χ4n) is 8.52. The molecule has 0 heterocycles. The van der Waals surface area contributed by atoms with E-state index < -0.39 is 0 Å². The summed E-state index contributed by atoms with van der Waals surface area (Å²) in [4.78, 5) is 0. The van der Waals surface area contributed by atoms with Gasteiger partial charge in [0.2, 0.25) is 0 Å². The van der Waals surface area contributed by atoms with Crippen LogP contribution in [0.2, 0.25) is 0 Å². The van der Waals surface area contributed by atoms with Gasteiger partial charge in [-0.15, -0.1) is 0 Å². The van der Waals surface area contributed by atoms with E-state index in [-0.39, 0.29) is 5.60 Å². The second-order valence-corrected chi connectivity index (χ2v) is 11.9. The number of halogens is 1. The predicted octanol–water partition coefficient (Wildman–Crippen LogP) is 6.67. The van der Waals surface area contributed by atoms with E-state index in [1.807, 2.05) is 0 Å². The van der Waals surface area contributed by atoms with E-state index in [1.165, 1.54) is 50.3 Å². The number of aliphatic hydroxyl groups is 1. The molecular formula is C24H41BrO. The van der Waals surface area contributed by atoms with Crippen LogP contribution >= 0.6 is 15.9 Å². The molecular weight excluding hydrogens is 384 g/mol. The van der Waals surface area contributed by atoms with Crippen LogP contribution in [-0.2, 0) is 0 Å². The monoisotopic (exact) mass is 424 g/mol. The van der Waals surface area contributed by atoms with Gasteiger partial charge in [-0.3, -0.25) is 0 Å². The van der Waals surface area contributed by atoms with Gasteiger partial charge in [-0.2, -0.15) is 0 Å². The summed E-state index contributed by atoms with van der Waals surface area (Å²) in [5.74, 6) is 6.85. The van der Waals surface area contributed by atoms with Gasteiger partial charge >= 0.3 is 0 Å². The molecule has 4 rings (SSSR count). The SMILES string of the molecule is CC(CBr)[C@H]1CC[C@H]2[C@@H]3CC[C@@H]4C[C@@](O)(C(C)C)CC[C@@H]4[C@H]3CC[C@]12C. The number of hydrogen-bond donors (Lipinski definition) is 1. The van der Waals surface area contributed by atoms with Crippen molar-refractivity contribution in [1.29, 1.82) is 0 Å². The van der Waals surface area contributed by atoms with Gasteiger partial charge in [-0.05, 0) is 111 Å². The van der Waals surface area contributed by atoms with E-state index >= 15 is 0 Å². The minimum absolute atomic E-state index is 0.374. The Balaban J connectivity index is 1.51. The van der Waals surface area contributed by atoms with E-state index in [0.717, 1.165) is 54.3 Å². The molecule has 4 aliphatic carbocycles. The Bertz CT molecular complexity index is 518. The number of fused-ring (bicyclic) bond motifs is 5. The third-order valence-electron chi connectivity index (χ3n) is 10.1. The van der Waals surface area contributed by atoms with E-state index in [9.17, 15) is 5.11 Å². The first kappa shape index (κ1) is 19.7. The van der Waals surface area contributed by atoms with Crippen LogP contribution in [0.1, 0.15) is 85.5 Å². The molecule has 0 radical (unpaired) electrons. The van der Waals surface area contributed by atoms with Crippen LogP contribution in [0.25, 0.3) is 0 Å². The first-order valence-electron chi connectivity index (χ1n) is 11.6. The average molecular weight is 425 g/mol. The maximum atomic E-state index is 11.1. The number of alkyl halides is 1. The van der Waals surface area contributed by atoms with Gasteiger partial charge in [0, 0.05) is 5.33 Å². The molecule has 0 spiro atoms. The lowest BCUT2D eigenvalue weighted by Gasteiger charge is -2.58. The van der Waals surface area contributed by atoms with Crippen LogP contribution < -0.4 is 0 Å². The van der Waals surface area contributed by atoms with Crippen molar-refractivity contribution in [3.8, 4) is 0 Å². The van der Waals surface area contributed by atoms with Gasteiger partial charge in [0.25, 0.3) is 0 Å². The van der Waals surface area contributed by atoms with Crippen LogP contribution in [0.3, 0.4) is 0 Å². The minimum Gasteiger partial charge on any atom is -0.390 e. The molecule has 4 saturated carbocycles. The van der Waals surface area contributed by atoms with Crippen molar-refractivity contribution >= 4 is 15.9 Å². The minimum atomic E-state index is -0.374. The summed E-state index contributed by atoms with van der Waals surface area (Å²) in [5, 5.41) is 12.3. The molecule has 0 saturated heterocycles. The Hall–Kier alpha value is 0.440. The summed E-state index contributed by atoms with van der Waals surface area (Å²) in [6, 6.07) is 0. The van der Waals surface area contributed by atoms with Gasteiger partial charge in [-0.1, -0.05) is 43.6 Å². The van der Waals surface area contributed by atoms with Crippen molar-refractivity contribution in [3.05, 3.63) is 0 Å². The lowest BCUT2D eigenvalue weighted by Crippen LogP contribution is -2.52. The lowest BCUT2D eigenvalue weighted by molar-refractivity contribution is -0.122. The number of hydrogen-bond acceptors (Lipinski definition) is 1. The Kier molecular flexibility index (Phi) is 5.35. The van der Waals surface area contributed by atoms with Gasteiger partial charge in [0.1, 0.15) is 0 Å². The Labute approximate surface area is 170 Å². The van der Waals surface area contributed by atoms with Gasteiger partial charge in [0.05, 0.1) is 5.60 Å². The van der Waals surface area contributed by atoms with E-state index in [0.29, 0.717) is 11.3 Å². The van der Waals surface area contributed by atoms with Crippen molar-refractivity contribution in [1.82, 2.24) is 0 Å². The Morgan fingerprint density at radius 1 is 0.923 bits per heavy atom. The van der Waals surface area contributed by atoms with E-state index in [4.69, 9.17) is 0 Å². The fraction of sp³-hybridized carbons (Fsp3) is 1.00. The summed E-state index contributed by atoms with van der Waals surface area (Å²) in [5.41, 5.74) is 0.232. The second kappa shape index (κ2) is 7.05. The van der Waals surface area contributed by atoms with Crippen LogP contribution in [0.15, 0.2) is 0 Å². The molecule has 4 aliphatic rings. The summed E-state index contributed by atoms with van der Waals surface area (Å²) in [7, 11) is 0. The third-order valence-corrected chi connectivity index (χ3v) is 11.1. The van der Waals surface area contributed by atoms with Crippen LogP contribution in [0, 0.1) is 52.8 Å². The molecule has 0 amide bonds. The third kappa shape index (κ3) is 2.95. The van der Waals surface area contributed by atoms with Crippen LogP contribution in [0.4, 0.5) is 0 Å². The van der Waals surface area contributed by atoms with Crippen molar-refractivity contribution in [2.75, 3.05) is 5.33 Å². The highest BCUT2D eigenvalue weighted by Crippen LogP contribution is 2.65. The van der Waals surface area contributed by atoms with Gasteiger partial charge in [0.15, 0.2) is 0 Å². The number of rotatable bonds is 3. The standard InChI is InChI=1S/C24H41BrO/c1-15(2)24(26)12-10-18-17(13-24)5-6-20-19(18)9-11-23(4)21(16(3)14-25)7-8-22(20)23/h15-22,26H,5-14H2,1-4H3/t16?,17-,18+,19-,20-,21-,22+,23-,24-/m1/s1. The molecule has 1 N–H and O–H groups in total. The molecule has 1 unspecified atom stereocenters. The lowest BCUT2D eigenvalue weighted by atomic mass is 9.48. The Morgan fingerprint density at radius 3 is 2.35 bits per heavy atom. The van der Waals surface area contributed by atoms with Crippen molar-refractivity contribution in [2.24, 2.45) is 52.8 Å². The highest BCUT2D eigenvalue weighted by molar-refractivity contribution is 9.09. The van der Waals surface area contributed by atoms with Gasteiger partial charge < -0.3 is 5.11 Å². The molecule has 0 aliphatic heterocycles. The van der Waals surface area contributed by atoms with Crippen LogP contribution in [0.5, 0.6) is 0 Å². The topological polar surface area (TPSA) is 20.2 Å². The molecule has 9 atom stereocenters. The largest absolute Gasteiger partial charge is 0.390 e. The van der Waals surface area contributed by atoms with Gasteiger partial charge in [-0.25, -0.2) is 0 Å². The predicted molar refractivity (Wildman–Crippen MR) is 113 cm³/mol. The van der Waals surface area contributed by atoms with Crippen molar-refractivity contribution in [3.63, 3.8) is 0 Å². The van der Waals surface area contributed by atoms with Crippen molar-refractivity contribution < 1.29 is 5.11 Å². The molecule has 0 aromatic carbocycles. The Morgan fingerprint density at radius 2 is 1.65 bits per heavy atom. The highest BCUT2D eigenvalue weighted by atomic mass is 79.9. The molecule has 2 heteroatoms. The smallest absolute Gasteiger partial charge is 0.0673 e. The zero-order valence-electron chi connectivity index (χ0n) is 17.5. The molecule has 150 valence electrons. The zero-order valence-corrected chi connectivity index (χ0v) is 19.1. The first-order chi connectivity index (χ1) is 12.3. The first-order valence-corrected chi connectivity index (χ1v) is 12.7. The summed E-state index contributed by atoms with van der Waals surface area (Å²) in [6.07, 6.45) is 12.2. The quantitative estimate of drug-likeness (QED) is 0.501. The fourth-order valence-corrected chi connectivity index (χ4v) is 8.97. The molecule has 0 aromatic rings. The maximum absolute atomic E-state index is 11.1. The molecule has 0 bridgehead atoms. The van der Waals surface area contributed by atoms with Crippen LogP contribution in [-0.4, -0.2) is 16.0 Å². The summed E-state index contributed by atoms with van der Waals surface area (Å²) < 4.78 is 0. The highest BCUT2D eigenvalue weighted by Gasteiger charge is 2.58. The normalized spacial score (nSPS) is 52.3. The summed E-state index contributed by atoms with van der Waals surface area (Å²) in [6.45, 7) is 9.59. The average Bonchev–Trinajstić information content (AvgIpc) is 2.97. The molecule has 0 aromatic heterocycles. The van der Waals surface area contributed by atoms with E-state index in [1.54, 1.807) is 0 Å². The van der Waals surface area contributed by atoms with E-state index in [2.05, 4.69) is 43.6 Å². The summed E-state index contributed by atoms with van der Waals surface area (Å²) >= 11 is 3.78. The molecule has 4 fully saturated rings. The maximum Gasteiger partial charge on any atom is 0.0673 e. The zero-order chi connectivity index (χ0) is 18.7. The second-order valence-electron chi connectivity index (χ2n) is 11.3. The van der Waals surface area contributed by atoms with Crippen molar-refractivity contribution in [2.45, 2.75) is 91.1 Å². The molecule has 26 heavy (non-hydrogen) atoms. The molecule has 1 nitrogen and oxygen atoms in total.